The number of thiazole rings is 1. The molecule has 0 amide bonds. The fourth-order valence-electron chi connectivity index (χ4n) is 1.31. The first-order chi connectivity index (χ1) is 7.78. The topological polar surface area (TPSA) is 72.0 Å². The largest absolute Gasteiger partial charge is 0.396 e. The second-order valence-electron chi connectivity index (χ2n) is 3.49. The molecule has 0 aliphatic rings. The van der Waals surface area contributed by atoms with Gasteiger partial charge in [0, 0.05) is 24.1 Å². The van der Waals surface area contributed by atoms with E-state index in [-0.39, 0.29) is 6.61 Å². The van der Waals surface area contributed by atoms with E-state index in [1.165, 1.54) is 0 Å². The third-order valence-corrected chi connectivity index (χ3v) is 3.00. The zero-order valence-corrected chi connectivity index (χ0v) is 9.83. The minimum absolute atomic E-state index is 0.142. The Bertz CT molecular complexity index is 452. The number of aliphatic hydroxyl groups excluding tert-OH is 1. The molecule has 2 aromatic heterocycles. The third-order valence-electron chi connectivity index (χ3n) is 2.03. The van der Waals surface area contributed by atoms with Gasteiger partial charge in [0.15, 0.2) is 5.82 Å². The van der Waals surface area contributed by atoms with Gasteiger partial charge in [0.05, 0.1) is 6.42 Å². The maximum absolute atomic E-state index is 8.67. The van der Waals surface area contributed by atoms with Gasteiger partial charge in [-0.25, -0.2) is 4.98 Å². The lowest BCUT2D eigenvalue weighted by atomic mass is 10.3. The summed E-state index contributed by atoms with van der Waals surface area (Å²) < 4.78 is 5.05. The number of rotatable bonds is 5. The van der Waals surface area contributed by atoms with E-state index >= 15 is 0 Å². The van der Waals surface area contributed by atoms with Crippen molar-refractivity contribution in [2.75, 3.05) is 6.61 Å². The van der Waals surface area contributed by atoms with Gasteiger partial charge in [-0.1, -0.05) is 5.16 Å². The molecule has 0 saturated carbocycles. The molecular weight excluding hydrogens is 226 g/mol. The zero-order valence-electron chi connectivity index (χ0n) is 9.01. The molecule has 6 heteroatoms. The van der Waals surface area contributed by atoms with Crippen LogP contribution in [0.15, 0.2) is 9.90 Å². The third kappa shape index (κ3) is 2.86. The van der Waals surface area contributed by atoms with Crippen molar-refractivity contribution >= 4 is 11.3 Å². The van der Waals surface area contributed by atoms with Gasteiger partial charge in [-0.15, -0.1) is 11.3 Å². The first-order valence-electron chi connectivity index (χ1n) is 5.11. The molecule has 0 saturated heterocycles. The van der Waals surface area contributed by atoms with Crippen LogP contribution in [0.2, 0.25) is 0 Å². The minimum atomic E-state index is 0.142. The predicted molar refractivity (Wildman–Crippen MR) is 59.4 cm³/mol. The van der Waals surface area contributed by atoms with Gasteiger partial charge in [-0.2, -0.15) is 4.98 Å². The minimum Gasteiger partial charge on any atom is -0.396 e. The van der Waals surface area contributed by atoms with E-state index in [9.17, 15) is 0 Å². The molecule has 16 heavy (non-hydrogen) atoms. The van der Waals surface area contributed by atoms with Gasteiger partial charge in [-0.3, -0.25) is 0 Å². The van der Waals surface area contributed by atoms with Gasteiger partial charge in [0.2, 0.25) is 5.89 Å². The van der Waals surface area contributed by atoms with E-state index in [1.807, 2.05) is 12.3 Å². The quantitative estimate of drug-likeness (QED) is 0.852. The lowest BCUT2D eigenvalue weighted by molar-refractivity contribution is 0.278. The fourth-order valence-corrected chi connectivity index (χ4v) is 2.08. The molecule has 0 unspecified atom stereocenters. The summed E-state index contributed by atoms with van der Waals surface area (Å²) in [6.45, 7) is 2.10. The second kappa shape index (κ2) is 5.18. The lowest BCUT2D eigenvalue weighted by Crippen LogP contribution is -1.92. The van der Waals surface area contributed by atoms with Crippen LogP contribution in [0.25, 0.3) is 0 Å². The Morgan fingerprint density at radius 2 is 2.31 bits per heavy atom. The highest BCUT2D eigenvalue weighted by Crippen LogP contribution is 2.12. The molecule has 0 fully saturated rings. The molecule has 0 spiro atoms. The van der Waals surface area contributed by atoms with Gasteiger partial charge in [-0.05, 0) is 13.3 Å². The summed E-state index contributed by atoms with van der Waals surface area (Å²) in [7, 11) is 0. The van der Waals surface area contributed by atoms with E-state index in [4.69, 9.17) is 9.63 Å². The molecule has 86 valence electrons. The standard InChI is InChI=1S/C10H13N3O2S/c1-7-6-16-10(11-7)5-8-12-9(15-13-8)3-2-4-14/h6,14H,2-5H2,1H3. The SMILES string of the molecule is Cc1csc(Cc2noc(CCCO)n2)n1. The van der Waals surface area contributed by atoms with E-state index in [1.54, 1.807) is 11.3 Å². The summed E-state index contributed by atoms with van der Waals surface area (Å²) in [5.41, 5.74) is 1.02. The Morgan fingerprint density at radius 3 is 3.00 bits per heavy atom. The number of hydrogen-bond acceptors (Lipinski definition) is 6. The summed E-state index contributed by atoms with van der Waals surface area (Å²) in [5, 5.41) is 15.5. The Kier molecular flexibility index (Phi) is 3.63. The monoisotopic (exact) mass is 239 g/mol. The van der Waals surface area contributed by atoms with Crippen LogP contribution >= 0.6 is 11.3 Å². The number of nitrogens with zero attached hydrogens (tertiary/aromatic N) is 3. The summed E-state index contributed by atoms with van der Waals surface area (Å²) in [6, 6.07) is 0. The maximum atomic E-state index is 8.67. The van der Waals surface area contributed by atoms with Crippen LogP contribution in [-0.4, -0.2) is 26.8 Å². The Morgan fingerprint density at radius 1 is 1.44 bits per heavy atom. The molecule has 1 N–H and O–H groups in total. The summed E-state index contributed by atoms with van der Waals surface area (Å²) >= 11 is 1.60. The van der Waals surface area contributed by atoms with Crippen molar-refractivity contribution in [2.45, 2.75) is 26.2 Å². The highest BCUT2D eigenvalue weighted by Gasteiger charge is 2.08. The molecule has 5 nitrogen and oxygen atoms in total. The van der Waals surface area contributed by atoms with Gasteiger partial charge in [0.25, 0.3) is 0 Å². The van der Waals surface area contributed by atoms with Crippen LogP contribution in [0.4, 0.5) is 0 Å². The van der Waals surface area contributed by atoms with Crippen molar-refractivity contribution in [1.82, 2.24) is 15.1 Å². The maximum Gasteiger partial charge on any atom is 0.226 e. The smallest absolute Gasteiger partial charge is 0.226 e. The number of aryl methyl sites for hydroxylation is 2. The number of aliphatic hydroxyl groups is 1. The van der Waals surface area contributed by atoms with E-state index in [0.717, 1.165) is 10.7 Å². The highest BCUT2D eigenvalue weighted by molar-refractivity contribution is 7.09. The van der Waals surface area contributed by atoms with Crippen molar-refractivity contribution in [3.05, 3.63) is 27.8 Å². The van der Waals surface area contributed by atoms with Gasteiger partial charge in [0.1, 0.15) is 5.01 Å². The van der Waals surface area contributed by atoms with Crippen LogP contribution in [0, 0.1) is 6.92 Å². The summed E-state index contributed by atoms with van der Waals surface area (Å²) in [6.07, 6.45) is 1.89. The van der Waals surface area contributed by atoms with Crippen LogP contribution in [0.1, 0.15) is 28.8 Å². The zero-order chi connectivity index (χ0) is 11.4. The van der Waals surface area contributed by atoms with Gasteiger partial charge < -0.3 is 9.63 Å². The first-order valence-corrected chi connectivity index (χ1v) is 5.99. The van der Waals surface area contributed by atoms with Crippen molar-refractivity contribution < 1.29 is 9.63 Å². The van der Waals surface area contributed by atoms with Gasteiger partial charge >= 0.3 is 0 Å². The van der Waals surface area contributed by atoms with Crippen LogP contribution in [0.3, 0.4) is 0 Å². The molecular formula is C10H13N3O2S. The molecule has 0 atom stereocenters. The normalized spacial score (nSPS) is 10.9. The molecule has 0 bridgehead atoms. The lowest BCUT2D eigenvalue weighted by Gasteiger charge is -1.88. The Hall–Kier alpha value is -1.27. The van der Waals surface area contributed by atoms with Crippen LogP contribution < -0.4 is 0 Å². The molecule has 0 radical (unpaired) electrons. The van der Waals surface area contributed by atoms with Crippen LogP contribution in [-0.2, 0) is 12.8 Å². The van der Waals surface area contributed by atoms with Crippen LogP contribution in [0.5, 0.6) is 0 Å². The molecule has 2 heterocycles. The number of hydrogen-bond donors (Lipinski definition) is 1. The summed E-state index contributed by atoms with van der Waals surface area (Å²) in [4.78, 5) is 8.56. The number of aromatic nitrogens is 3. The average Bonchev–Trinajstić information content (AvgIpc) is 2.86. The molecule has 0 aromatic carbocycles. The van der Waals surface area contributed by atoms with Crippen molar-refractivity contribution in [1.29, 1.82) is 0 Å². The van der Waals surface area contributed by atoms with E-state index in [0.29, 0.717) is 31.0 Å². The fraction of sp³-hybridized carbons (Fsp3) is 0.500. The molecule has 2 aromatic rings. The first kappa shape index (κ1) is 11.2. The average molecular weight is 239 g/mol. The molecule has 0 aliphatic heterocycles. The molecule has 2 rings (SSSR count). The van der Waals surface area contributed by atoms with Crippen molar-refractivity contribution in [2.24, 2.45) is 0 Å². The van der Waals surface area contributed by atoms with Crippen molar-refractivity contribution in [3.63, 3.8) is 0 Å². The predicted octanol–water partition coefficient (Wildman–Crippen LogP) is 1.35. The van der Waals surface area contributed by atoms with E-state index in [2.05, 4.69) is 15.1 Å². The highest BCUT2D eigenvalue weighted by atomic mass is 32.1. The van der Waals surface area contributed by atoms with Crippen molar-refractivity contribution in [3.8, 4) is 0 Å². The molecule has 0 aliphatic carbocycles. The Balaban J connectivity index is 1.97. The summed E-state index contributed by atoms with van der Waals surface area (Å²) in [5.74, 6) is 1.24. The second-order valence-corrected chi connectivity index (χ2v) is 4.43. The Labute approximate surface area is 97.2 Å². The van der Waals surface area contributed by atoms with E-state index < -0.39 is 0 Å².